The maximum absolute atomic E-state index is 6.15. The Morgan fingerprint density at radius 3 is 2.68 bits per heavy atom. The Hall–Kier alpha value is -0.770. The van der Waals surface area contributed by atoms with Crippen molar-refractivity contribution in [1.29, 1.82) is 0 Å². The van der Waals surface area contributed by atoms with E-state index in [9.17, 15) is 0 Å². The van der Waals surface area contributed by atoms with E-state index in [1.807, 2.05) is 25.2 Å². The quantitative estimate of drug-likeness (QED) is 0.705. The van der Waals surface area contributed by atoms with Crippen molar-refractivity contribution in [3.63, 3.8) is 0 Å². The van der Waals surface area contributed by atoms with E-state index < -0.39 is 0 Å². The van der Waals surface area contributed by atoms with E-state index in [1.165, 1.54) is 0 Å². The van der Waals surface area contributed by atoms with Crippen molar-refractivity contribution in [2.75, 3.05) is 26.9 Å². The topological polar surface area (TPSA) is 30.5 Å². The Labute approximate surface area is 121 Å². The summed E-state index contributed by atoms with van der Waals surface area (Å²) in [5.41, 5.74) is 0.994. The normalized spacial score (nSPS) is 11.0. The molecule has 1 aromatic carbocycles. The zero-order valence-corrected chi connectivity index (χ0v) is 12.8. The molecule has 0 aliphatic heterocycles. The van der Waals surface area contributed by atoms with Crippen molar-refractivity contribution in [2.45, 2.75) is 26.8 Å². The maximum Gasteiger partial charge on any atom is 0.125 e. The van der Waals surface area contributed by atoms with Gasteiger partial charge in [-0.2, -0.15) is 0 Å². The fourth-order valence-electron chi connectivity index (χ4n) is 1.65. The van der Waals surface area contributed by atoms with Crippen LogP contribution in [0.25, 0.3) is 0 Å². The highest BCUT2D eigenvalue weighted by Gasteiger charge is 2.07. The molecule has 3 nitrogen and oxygen atoms in total. The molecule has 108 valence electrons. The van der Waals surface area contributed by atoms with Crippen molar-refractivity contribution in [2.24, 2.45) is 5.92 Å². The van der Waals surface area contributed by atoms with Crippen LogP contribution in [0.4, 0.5) is 0 Å². The number of ether oxygens (including phenoxy) is 2. The van der Waals surface area contributed by atoms with Gasteiger partial charge in [-0.1, -0.05) is 31.5 Å². The summed E-state index contributed by atoms with van der Waals surface area (Å²) in [7, 11) is 1.89. The number of rotatable bonds is 9. The molecule has 19 heavy (non-hydrogen) atoms. The first kappa shape index (κ1) is 16.3. The van der Waals surface area contributed by atoms with E-state index >= 15 is 0 Å². The van der Waals surface area contributed by atoms with Gasteiger partial charge in [-0.3, -0.25) is 0 Å². The van der Waals surface area contributed by atoms with Gasteiger partial charge in [0.15, 0.2) is 0 Å². The third kappa shape index (κ3) is 6.28. The minimum absolute atomic E-state index is 0.551. The number of benzene rings is 1. The van der Waals surface area contributed by atoms with Crippen molar-refractivity contribution >= 4 is 11.6 Å². The number of hydrogen-bond donors (Lipinski definition) is 1. The molecule has 0 fully saturated rings. The van der Waals surface area contributed by atoms with Crippen molar-refractivity contribution in [1.82, 2.24) is 5.32 Å². The van der Waals surface area contributed by atoms with Crippen LogP contribution in [0.3, 0.4) is 0 Å². The number of nitrogens with one attached hydrogen (secondary N) is 1. The Bertz CT molecular complexity index is 369. The van der Waals surface area contributed by atoms with Gasteiger partial charge in [0.2, 0.25) is 0 Å². The fraction of sp³-hybridized carbons (Fsp3) is 0.600. The lowest BCUT2D eigenvalue weighted by Crippen LogP contribution is -2.12. The first-order valence-electron chi connectivity index (χ1n) is 6.77. The molecular formula is C15H24ClNO2. The zero-order valence-electron chi connectivity index (χ0n) is 12.0. The second-order valence-electron chi connectivity index (χ2n) is 4.89. The lowest BCUT2D eigenvalue weighted by Gasteiger charge is -2.13. The van der Waals surface area contributed by atoms with E-state index in [0.717, 1.165) is 29.4 Å². The summed E-state index contributed by atoms with van der Waals surface area (Å²) in [5, 5.41) is 3.82. The average Bonchev–Trinajstić information content (AvgIpc) is 2.37. The molecule has 0 atom stereocenters. The second-order valence-corrected chi connectivity index (χ2v) is 5.30. The summed E-state index contributed by atoms with van der Waals surface area (Å²) in [5.74, 6) is 1.50. The van der Waals surface area contributed by atoms with Crippen LogP contribution >= 0.6 is 11.6 Å². The smallest absolute Gasteiger partial charge is 0.125 e. The highest BCUT2D eigenvalue weighted by molar-refractivity contribution is 6.31. The summed E-state index contributed by atoms with van der Waals surface area (Å²) in [6.45, 7) is 7.03. The molecule has 0 aliphatic carbocycles. The minimum Gasteiger partial charge on any atom is -0.491 e. The Balaban J connectivity index is 2.34. The predicted molar refractivity (Wildman–Crippen MR) is 80.0 cm³/mol. The van der Waals surface area contributed by atoms with Crippen molar-refractivity contribution in [3.8, 4) is 5.75 Å². The van der Waals surface area contributed by atoms with Crippen LogP contribution in [0.2, 0.25) is 5.02 Å². The molecule has 0 heterocycles. The third-order valence-electron chi connectivity index (χ3n) is 2.75. The van der Waals surface area contributed by atoms with E-state index in [4.69, 9.17) is 21.1 Å². The molecular weight excluding hydrogens is 262 g/mol. The highest BCUT2D eigenvalue weighted by atomic mass is 35.5. The van der Waals surface area contributed by atoms with Crippen molar-refractivity contribution in [3.05, 3.63) is 28.8 Å². The van der Waals surface area contributed by atoms with Gasteiger partial charge in [-0.25, -0.2) is 0 Å². The van der Waals surface area contributed by atoms with E-state index in [2.05, 4.69) is 19.2 Å². The summed E-state index contributed by atoms with van der Waals surface area (Å²) >= 11 is 6.15. The molecule has 0 amide bonds. The van der Waals surface area contributed by atoms with Crippen LogP contribution in [0.15, 0.2) is 18.2 Å². The molecule has 0 saturated heterocycles. The lowest BCUT2D eigenvalue weighted by molar-refractivity contribution is 0.0922. The maximum atomic E-state index is 6.15. The van der Waals surface area contributed by atoms with Crippen LogP contribution in [-0.4, -0.2) is 26.9 Å². The third-order valence-corrected chi connectivity index (χ3v) is 3.11. The Kier molecular flexibility index (Phi) is 7.87. The van der Waals surface area contributed by atoms with E-state index in [1.54, 1.807) is 0 Å². The second kappa shape index (κ2) is 9.18. The van der Waals surface area contributed by atoms with Crippen LogP contribution in [0, 0.1) is 5.92 Å². The predicted octanol–water partition coefficient (Wildman–Crippen LogP) is 3.50. The first-order valence-corrected chi connectivity index (χ1v) is 7.15. The van der Waals surface area contributed by atoms with E-state index in [-0.39, 0.29) is 0 Å². The molecule has 0 aliphatic rings. The summed E-state index contributed by atoms with van der Waals surface area (Å²) in [6, 6.07) is 5.71. The van der Waals surface area contributed by atoms with Crippen LogP contribution in [-0.2, 0) is 11.3 Å². The molecule has 0 saturated carbocycles. The molecule has 0 spiro atoms. The zero-order chi connectivity index (χ0) is 14.1. The van der Waals surface area contributed by atoms with Gasteiger partial charge in [-0.15, -0.1) is 0 Å². The average molecular weight is 286 g/mol. The summed E-state index contributed by atoms with van der Waals surface area (Å²) in [4.78, 5) is 0. The van der Waals surface area contributed by atoms with Gasteiger partial charge >= 0.3 is 0 Å². The Morgan fingerprint density at radius 1 is 1.21 bits per heavy atom. The highest BCUT2D eigenvalue weighted by Crippen LogP contribution is 2.26. The largest absolute Gasteiger partial charge is 0.491 e. The summed E-state index contributed by atoms with van der Waals surface area (Å²) < 4.78 is 11.3. The molecule has 0 bridgehead atoms. The van der Waals surface area contributed by atoms with Crippen molar-refractivity contribution < 1.29 is 9.47 Å². The molecule has 1 rings (SSSR count). The van der Waals surface area contributed by atoms with Gasteiger partial charge in [0.1, 0.15) is 12.4 Å². The minimum atomic E-state index is 0.551. The van der Waals surface area contributed by atoms with Gasteiger partial charge in [0.25, 0.3) is 0 Å². The first-order chi connectivity index (χ1) is 9.15. The number of halogens is 1. The van der Waals surface area contributed by atoms with Crippen LogP contribution in [0.1, 0.15) is 25.8 Å². The van der Waals surface area contributed by atoms with Gasteiger partial charge in [0.05, 0.1) is 6.61 Å². The molecule has 0 unspecified atom stereocenters. The van der Waals surface area contributed by atoms with Gasteiger partial charge in [-0.05, 0) is 31.5 Å². The SMILES string of the molecule is CNCc1c(Cl)cccc1OCCOCCC(C)C. The fourth-order valence-corrected chi connectivity index (χ4v) is 1.89. The standard InChI is InChI=1S/C15H24ClNO2/c1-12(2)7-8-18-9-10-19-15-6-4-5-14(16)13(15)11-17-3/h4-6,12,17H,7-11H2,1-3H3. The van der Waals surface area contributed by atoms with Gasteiger partial charge in [0, 0.05) is 23.7 Å². The van der Waals surface area contributed by atoms with E-state index in [0.29, 0.717) is 25.7 Å². The number of hydrogen-bond acceptors (Lipinski definition) is 3. The van der Waals surface area contributed by atoms with Gasteiger partial charge < -0.3 is 14.8 Å². The molecule has 1 N–H and O–H groups in total. The monoisotopic (exact) mass is 285 g/mol. The van der Waals surface area contributed by atoms with Crippen LogP contribution < -0.4 is 10.1 Å². The lowest BCUT2D eigenvalue weighted by atomic mass is 10.1. The summed E-state index contributed by atoms with van der Waals surface area (Å²) in [6.07, 6.45) is 1.09. The molecule has 0 aromatic heterocycles. The molecule has 4 heteroatoms. The molecule has 1 aromatic rings. The van der Waals surface area contributed by atoms with Crippen LogP contribution in [0.5, 0.6) is 5.75 Å². The molecule has 0 radical (unpaired) electrons. The Morgan fingerprint density at radius 2 is 2.00 bits per heavy atom.